The predicted octanol–water partition coefficient (Wildman–Crippen LogP) is 1.45. The SMILES string of the molecule is CCC(N)OC(C)(C)/C=C/[Si](OC)(OC)OC. The summed E-state index contributed by atoms with van der Waals surface area (Å²) in [5.41, 5.74) is 7.08. The van der Waals surface area contributed by atoms with Crippen LogP contribution in [0.3, 0.4) is 0 Å². The van der Waals surface area contributed by atoms with Crippen molar-refractivity contribution >= 4 is 8.80 Å². The zero-order chi connectivity index (χ0) is 13.5. The molecule has 0 aliphatic heterocycles. The molecule has 0 saturated carbocycles. The molecule has 0 rings (SSSR count). The molecule has 5 nitrogen and oxygen atoms in total. The van der Waals surface area contributed by atoms with Crippen LogP contribution in [-0.2, 0) is 18.0 Å². The first-order valence-corrected chi connectivity index (χ1v) is 7.44. The van der Waals surface area contributed by atoms with Crippen LogP contribution in [0.4, 0.5) is 0 Å². The zero-order valence-electron chi connectivity index (χ0n) is 11.6. The molecule has 0 aromatic carbocycles. The third-order valence-corrected chi connectivity index (χ3v) is 4.68. The summed E-state index contributed by atoms with van der Waals surface area (Å²) in [4.78, 5) is 0. The van der Waals surface area contributed by atoms with Crippen molar-refractivity contribution < 1.29 is 18.0 Å². The molecule has 0 spiro atoms. The fraction of sp³-hybridized carbons (Fsp3) is 0.818. The van der Waals surface area contributed by atoms with Gasteiger partial charge in [0.25, 0.3) is 0 Å². The maximum atomic E-state index is 5.76. The molecule has 0 heterocycles. The third-order valence-electron chi connectivity index (χ3n) is 2.40. The molecule has 0 saturated heterocycles. The largest absolute Gasteiger partial charge is 0.528 e. The molecule has 0 fully saturated rings. The second-order valence-corrected chi connectivity index (χ2v) is 6.98. The first kappa shape index (κ1) is 16.8. The molecule has 0 bridgehead atoms. The molecule has 0 aromatic heterocycles. The van der Waals surface area contributed by atoms with Crippen molar-refractivity contribution in [3.05, 3.63) is 11.8 Å². The van der Waals surface area contributed by atoms with Crippen molar-refractivity contribution in [3.8, 4) is 0 Å². The smallest absolute Gasteiger partial charge is 0.374 e. The van der Waals surface area contributed by atoms with Crippen LogP contribution < -0.4 is 5.73 Å². The van der Waals surface area contributed by atoms with Gasteiger partial charge in [-0.15, -0.1) is 0 Å². The molecule has 0 aliphatic rings. The summed E-state index contributed by atoms with van der Waals surface area (Å²) in [7, 11) is 2.00. The number of nitrogens with two attached hydrogens (primary N) is 1. The molecule has 102 valence electrons. The van der Waals surface area contributed by atoms with Crippen molar-refractivity contribution in [1.29, 1.82) is 0 Å². The van der Waals surface area contributed by atoms with Crippen molar-refractivity contribution in [2.45, 2.75) is 39.0 Å². The molecule has 6 heteroatoms. The molecular formula is C11H25NO4Si. The zero-order valence-corrected chi connectivity index (χ0v) is 12.6. The van der Waals surface area contributed by atoms with Crippen molar-refractivity contribution in [2.75, 3.05) is 21.3 Å². The fourth-order valence-corrected chi connectivity index (χ4v) is 2.78. The number of hydrogen-bond donors (Lipinski definition) is 1. The van der Waals surface area contributed by atoms with E-state index < -0.39 is 14.4 Å². The summed E-state index contributed by atoms with van der Waals surface area (Å²) in [5, 5.41) is 0. The van der Waals surface area contributed by atoms with E-state index in [1.165, 1.54) is 0 Å². The highest BCUT2D eigenvalue weighted by molar-refractivity contribution is 6.66. The van der Waals surface area contributed by atoms with Gasteiger partial charge < -0.3 is 23.7 Å². The summed E-state index contributed by atoms with van der Waals surface area (Å²) >= 11 is 0. The van der Waals surface area contributed by atoms with Crippen molar-refractivity contribution in [3.63, 3.8) is 0 Å². The van der Waals surface area contributed by atoms with E-state index in [-0.39, 0.29) is 6.23 Å². The Morgan fingerprint density at radius 2 is 1.65 bits per heavy atom. The quantitative estimate of drug-likeness (QED) is 0.530. The Morgan fingerprint density at radius 3 is 2.00 bits per heavy atom. The van der Waals surface area contributed by atoms with Crippen LogP contribution in [0.1, 0.15) is 27.2 Å². The van der Waals surface area contributed by atoms with Crippen LogP contribution in [0.2, 0.25) is 0 Å². The number of ether oxygens (including phenoxy) is 1. The van der Waals surface area contributed by atoms with E-state index in [4.69, 9.17) is 23.7 Å². The normalized spacial score (nSPS) is 15.5. The van der Waals surface area contributed by atoms with E-state index in [0.717, 1.165) is 6.42 Å². The third kappa shape index (κ3) is 5.76. The van der Waals surface area contributed by atoms with Crippen LogP contribution in [0.15, 0.2) is 11.8 Å². The highest BCUT2D eigenvalue weighted by Gasteiger charge is 2.35. The molecule has 1 unspecified atom stereocenters. The van der Waals surface area contributed by atoms with Gasteiger partial charge in [0.15, 0.2) is 0 Å². The summed E-state index contributed by atoms with van der Waals surface area (Å²) in [5.74, 6) is 0. The molecule has 17 heavy (non-hydrogen) atoms. The van der Waals surface area contributed by atoms with E-state index in [9.17, 15) is 0 Å². The maximum Gasteiger partial charge on any atom is 0.528 e. The van der Waals surface area contributed by atoms with Gasteiger partial charge in [-0.25, -0.2) is 0 Å². The molecular weight excluding hydrogens is 238 g/mol. The van der Waals surface area contributed by atoms with Gasteiger partial charge in [-0.3, -0.25) is 0 Å². The first-order chi connectivity index (χ1) is 7.84. The Bertz CT molecular complexity index is 233. The number of rotatable bonds is 8. The van der Waals surface area contributed by atoms with E-state index in [1.54, 1.807) is 27.0 Å². The van der Waals surface area contributed by atoms with Gasteiger partial charge in [-0.05, 0) is 26.0 Å². The average molecular weight is 263 g/mol. The molecule has 2 N–H and O–H groups in total. The molecule has 0 radical (unpaired) electrons. The molecule has 1 atom stereocenters. The topological polar surface area (TPSA) is 62.9 Å². The first-order valence-electron chi connectivity index (χ1n) is 5.64. The maximum absolute atomic E-state index is 5.76. The second-order valence-electron chi connectivity index (χ2n) is 4.22. The lowest BCUT2D eigenvalue weighted by Gasteiger charge is -2.27. The van der Waals surface area contributed by atoms with Crippen molar-refractivity contribution in [1.82, 2.24) is 0 Å². The van der Waals surface area contributed by atoms with Crippen molar-refractivity contribution in [2.24, 2.45) is 5.73 Å². The van der Waals surface area contributed by atoms with Crippen LogP contribution in [0.5, 0.6) is 0 Å². The van der Waals surface area contributed by atoms with Gasteiger partial charge in [-0.2, -0.15) is 0 Å². The monoisotopic (exact) mass is 263 g/mol. The van der Waals surface area contributed by atoms with Gasteiger partial charge in [0, 0.05) is 21.3 Å². The Labute approximate surface area is 105 Å². The molecule has 0 aromatic rings. The summed E-state index contributed by atoms with van der Waals surface area (Å²) < 4.78 is 21.5. The van der Waals surface area contributed by atoms with Crippen LogP contribution in [0, 0.1) is 0 Å². The lowest BCUT2D eigenvalue weighted by molar-refractivity contribution is -0.0394. The highest BCUT2D eigenvalue weighted by Crippen LogP contribution is 2.17. The van der Waals surface area contributed by atoms with E-state index in [2.05, 4.69) is 0 Å². The standard InChI is InChI=1S/C11H25NO4Si/c1-7-10(12)16-11(2,3)8-9-17(13-4,14-5)15-6/h8-10H,7,12H2,1-6H3/b9-8+. The molecule has 0 aliphatic carbocycles. The summed E-state index contributed by atoms with van der Waals surface area (Å²) in [6.07, 6.45) is 2.35. The Balaban J connectivity index is 4.66. The number of hydrogen-bond acceptors (Lipinski definition) is 5. The predicted molar refractivity (Wildman–Crippen MR) is 69.4 cm³/mol. The van der Waals surface area contributed by atoms with Gasteiger partial charge in [-0.1, -0.05) is 13.0 Å². The van der Waals surface area contributed by atoms with Crippen LogP contribution >= 0.6 is 0 Å². The second kappa shape index (κ2) is 7.25. The van der Waals surface area contributed by atoms with Gasteiger partial charge in [0.05, 0.1) is 5.60 Å². The van der Waals surface area contributed by atoms with E-state index in [0.29, 0.717) is 0 Å². The summed E-state index contributed by atoms with van der Waals surface area (Å²) in [6, 6.07) is 0. The minimum absolute atomic E-state index is 0.279. The molecule has 0 amide bonds. The Kier molecular flexibility index (Phi) is 7.15. The minimum atomic E-state index is -2.69. The fourth-order valence-electron chi connectivity index (χ4n) is 1.27. The Morgan fingerprint density at radius 1 is 1.18 bits per heavy atom. The lowest BCUT2D eigenvalue weighted by atomic mass is 10.1. The van der Waals surface area contributed by atoms with Gasteiger partial charge >= 0.3 is 8.80 Å². The van der Waals surface area contributed by atoms with Crippen LogP contribution in [-0.4, -0.2) is 42.0 Å². The lowest BCUT2D eigenvalue weighted by Crippen LogP contribution is -2.42. The minimum Gasteiger partial charge on any atom is -0.374 e. The van der Waals surface area contributed by atoms with E-state index in [1.807, 2.05) is 26.8 Å². The van der Waals surface area contributed by atoms with E-state index >= 15 is 0 Å². The van der Waals surface area contributed by atoms with Gasteiger partial charge in [0.1, 0.15) is 6.23 Å². The highest BCUT2D eigenvalue weighted by atomic mass is 28.4. The van der Waals surface area contributed by atoms with Crippen LogP contribution in [0.25, 0.3) is 0 Å². The van der Waals surface area contributed by atoms with Gasteiger partial charge in [0.2, 0.25) is 0 Å². The summed E-state index contributed by atoms with van der Waals surface area (Å²) in [6.45, 7) is 5.83. The Hall–Kier alpha value is -0.243. The average Bonchev–Trinajstić information content (AvgIpc) is 2.31.